The average molecular weight is 427 g/mol. The lowest BCUT2D eigenvalue weighted by atomic mass is 9.97. The van der Waals surface area contributed by atoms with Gasteiger partial charge in [0.1, 0.15) is 0 Å². The van der Waals surface area contributed by atoms with E-state index in [9.17, 15) is 0 Å². The van der Waals surface area contributed by atoms with E-state index in [1.54, 1.807) is 0 Å². The van der Waals surface area contributed by atoms with Crippen molar-refractivity contribution in [3.05, 3.63) is 79.9 Å². The molecule has 0 aliphatic rings. The van der Waals surface area contributed by atoms with Gasteiger partial charge in [-0.2, -0.15) is 0 Å². The fraction of sp³-hybridized carbons (Fsp3) is 0.111. The molecule has 106 valence electrons. The lowest BCUT2D eigenvalue weighted by Gasteiger charge is -2.16. The van der Waals surface area contributed by atoms with Gasteiger partial charge in [-0.15, -0.1) is 11.6 Å². The van der Waals surface area contributed by atoms with Crippen molar-refractivity contribution < 1.29 is 0 Å². The van der Waals surface area contributed by atoms with E-state index in [2.05, 4.69) is 53.8 Å². The molecule has 0 saturated heterocycles. The van der Waals surface area contributed by atoms with Crippen LogP contribution in [0.5, 0.6) is 0 Å². The molecule has 0 aliphatic heterocycles. The van der Waals surface area contributed by atoms with Crippen molar-refractivity contribution in [3.8, 4) is 0 Å². The minimum Gasteiger partial charge on any atom is -0.113 e. The van der Waals surface area contributed by atoms with Crippen LogP contribution in [0, 0.1) is 10.5 Å². The predicted molar refractivity (Wildman–Crippen MR) is 101 cm³/mol. The van der Waals surface area contributed by atoms with Gasteiger partial charge in [-0.1, -0.05) is 60.1 Å². The van der Waals surface area contributed by atoms with E-state index in [1.165, 1.54) is 9.13 Å². The summed E-state index contributed by atoms with van der Waals surface area (Å²) in [6.07, 6.45) is 0. The van der Waals surface area contributed by atoms with E-state index < -0.39 is 0 Å². The predicted octanol–water partition coefficient (Wildman–Crippen LogP) is 6.73. The van der Waals surface area contributed by atoms with Crippen LogP contribution < -0.4 is 0 Å². The molecule has 0 heterocycles. The van der Waals surface area contributed by atoms with Crippen molar-refractivity contribution in [2.45, 2.75) is 12.3 Å². The minimum atomic E-state index is -0.182. The number of aryl methyl sites for hydroxylation is 1. The van der Waals surface area contributed by atoms with Crippen LogP contribution in [-0.2, 0) is 0 Å². The normalized spacial score (nSPS) is 12.6. The summed E-state index contributed by atoms with van der Waals surface area (Å²) in [6.45, 7) is 2.11. The van der Waals surface area contributed by atoms with Gasteiger partial charge < -0.3 is 0 Å². The number of halogens is 3. The first kappa shape index (κ1) is 15.1. The second-order valence-corrected chi connectivity index (χ2v) is 6.95. The van der Waals surface area contributed by atoms with Gasteiger partial charge >= 0.3 is 0 Å². The number of alkyl halides is 1. The molecule has 0 nitrogen and oxygen atoms in total. The number of hydrogen-bond acceptors (Lipinski definition) is 0. The Balaban J connectivity index is 2.21. The van der Waals surface area contributed by atoms with Crippen molar-refractivity contribution in [1.29, 1.82) is 0 Å². The molecule has 0 radical (unpaired) electrons. The Morgan fingerprint density at radius 2 is 1.57 bits per heavy atom. The third kappa shape index (κ3) is 2.79. The summed E-state index contributed by atoms with van der Waals surface area (Å²) < 4.78 is 1.22. The summed E-state index contributed by atoms with van der Waals surface area (Å²) in [5.74, 6) is 0. The summed E-state index contributed by atoms with van der Waals surface area (Å²) in [5.41, 5.74) is 3.49. The number of benzene rings is 3. The Bertz CT molecular complexity index is 811. The molecule has 1 atom stereocenters. The Labute approximate surface area is 148 Å². The van der Waals surface area contributed by atoms with E-state index in [0.717, 1.165) is 26.9 Å². The third-order valence-corrected chi connectivity index (χ3v) is 5.95. The van der Waals surface area contributed by atoms with Gasteiger partial charge in [0.15, 0.2) is 0 Å². The molecule has 0 N–H and O–H groups in total. The van der Waals surface area contributed by atoms with Gasteiger partial charge in [0.2, 0.25) is 0 Å². The van der Waals surface area contributed by atoms with E-state index in [4.69, 9.17) is 23.2 Å². The van der Waals surface area contributed by atoms with Crippen LogP contribution in [0.1, 0.15) is 22.1 Å². The lowest BCUT2D eigenvalue weighted by Crippen LogP contribution is -1.99. The van der Waals surface area contributed by atoms with Crippen molar-refractivity contribution in [3.63, 3.8) is 0 Å². The molecule has 21 heavy (non-hydrogen) atoms. The first-order chi connectivity index (χ1) is 10.1. The van der Waals surface area contributed by atoms with E-state index >= 15 is 0 Å². The zero-order chi connectivity index (χ0) is 15.0. The maximum atomic E-state index is 6.79. The van der Waals surface area contributed by atoms with Crippen LogP contribution in [-0.4, -0.2) is 0 Å². The van der Waals surface area contributed by atoms with Gasteiger partial charge in [-0.25, -0.2) is 0 Å². The monoisotopic (exact) mass is 426 g/mol. The largest absolute Gasteiger partial charge is 0.113 e. The third-order valence-electron chi connectivity index (χ3n) is 3.67. The first-order valence-corrected chi connectivity index (χ1v) is 8.55. The molecule has 0 spiro atoms. The van der Waals surface area contributed by atoms with Crippen molar-refractivity contribution in [1.82, 2.24) is 0 Å². The fourth-order valence-corrected chi connectivity index (χ4v) is 4.00. The van der Waals surface area contributed by atoms with Gasteiger partial charge in [-0.05, 0) is 57.7 Å². The average Bonchev–Trinajstić information content (AvgIpc) is 2.50. The molecule has 0 saturated carbocycles. The Morgan fingerprint density at radius 3 is 2.33 bits per heavy atom. The van der Waals surface area contributed by atoms with Crippen LogP contribution in [0.15, 0.2) is 54.6 Å². The Hall–Kier alpha value is -0.770. The lowest BCUT2D eigenvalue weighted by molar-refractivity contribution is 1.13. The van der Waals surface area contributed by atoms with Crippen LogP contribution in [0.2, 0.25) is 5.02 Å². The highest BCUT2D eigenvalue weighted by molar-refractivity contribution is 14.1. The molecule has 0 bridgehead atoms. The van der Waals surface area contributed by atoms with Gasteiger partial charge in [0.05, 0.1) is 5.38 Å². The molecule has 0 fully saturated rings. The molecule has 3 aromatic carbocycles. The molecule has 0 aliphatic carbocycles. The Morgan fingerprint density at radius 1 is 0.857 bits per heavy atom. The highest BCUT2D eigenvalue weighted by atomic mass is 127. The van der Waals surface area contributed by atoms with Gasteiger partial charge in [0, 0.05) is 14.0 Å². The zero-order valence-corrected chi connectivity index (χ0v) is 15.1. The van der Waals surface area contributed by atoms with E-state index in [1.807, 2.05) is 30.3 Å². The molecule has 3 heteroatoms. The van der Waals surface area contributed by atoms with Crippen molar-refractivity contribution >= 4 is 56.6 Å². The maximum Gasteiger partial charge on any atom is 0.0851 e. The van der Waals surface area contributed by atoms with Gasteiger partial charge in [0.25, 0.3) is 0 Å². The molecule has 3 rings (SSSR count). The molecular weight excluding hydrogens is 414 g/mol. The second-order valence-electron chi connectivity index (χ2n) is 5.02. The van der Waals surface area contributed by atoms with Crippen LogP contribution in [0.3, 0.4) is 0 Å². The van der Waals surface area contributed by atoms with E-state index in [0.29, 0.717) is 0 Å². The highest BCUT2D eigenvalue weighted by Crippen LogP contribution is 2.38. The van der Waals surface area contributed by atoms with Crippen molar-refractivity contribution in [2.24, 2.45) is 0 Å². The van der Waals surface area contributed by atoms with Crippen LogP contribution in [0.25, 0.3) is 10.8 Å². The molecule has 3 aromatic rings. The molecule has 0 amide bonds. The number of fused-ring (bicyclic) bond motifs is 1. The topological polar surface area (TPSA) is 0 Å². The number of hydrogen-bond donors (Lipinski definition) is 0. The first-order valence-electron chi connectivity index (χ1n) is 6.66. The van der Waals surface area contributed by atoms with Crippen LogP contribution in [0.4, 0.5) is 0 Å². The zero-order valence-electron chi connectivity index (χ0n) is 11.4. The maximum absolute atomic E-state index is 6.79. The summed E-state index contributed by atoms with van der Waals surface area (Å²) in [4.78, 5) is 0. The summed E-state index contributed by atoms with van der Waals surface area (Å²) in [6, 6.07) is 18.3. The minimum absolute atomic E-state index is 0.182. The SMILES string of the molecule is Cc1cccc(C(Cl)c2ccc(Cl)c3ccccc23)c1I. The summed E-state index contributed by atoms with van der Waals surface area (Å²) >= 11 is 15.5. The van der Waals surface area contributed by atoms with Crippen LogP contribution >= 0.6 is 45.8 Å². The smallest absolute Gasteiger partial charge is 0.0851 e. The molecule has 1 unspecified atom stereocenters. The molecular formula is C18H13Cl2I. The Kier molecular flexibility index (Phi) is 4.43. The summed E-state index contributed by atoms with van der Waals surface area (Å²) in [5, 5.41) is 2.74. The van der Waals surface area contributed by atoms with Crippen molar-refractivity contribution in [2.75, 3.05) is 0 Å². The second kappa shape index (κ2) is 6.15. The number of rotatable bonds is 2. The molecule has 0 aromatic heterocycles. The standard InChI is InChI=1S/C18H13Cl2I/c1-11-5-4-8-15(18(11)21)17(20)14-9-10-16(19)13-7-3-2-6-12(13)14/h2-10,17H,1H3. The van der Waals surface area contributed by atoms with Gasteiger partial charge in [-0.3, -0.25) is 0 Å². The van der Waals surface area contributed by atoms with E-state index in [-0.39, 0.29) is 5.38 Å². The highest BCUT2D eigenvalue weighted by Gasteiger charge is 2.17. The summed E-state index contributed by atoms with van der Waals surface area (Å²) in [7, 11) is 0. The fourth-order valence-electron chi connectivity index (χ4n) is 2.54. The quantitative estimate of drug-likeness (QED) is 0.314.